The Morgan fingerprint density at radius 3 is 2.38 bits per heavy atom. The van der Waals surface area contributed by atoms with Crippen LogP contribution in [0.4, 0.5) is 0 Å². The molecule has 0 spiro atoms. The van der Waals surface area contributed by atoms with E-state index in [1.807, 2.05) is 25.7 Å². The third-order valence-corrected chi connectivity index (χ3v) is 6.15. The largest absolute Gasteiger partial charge is 0.340 e. The highest BCUT2D eigenvalue weighted by molar-refractivity contribution is 7.85. The van der Waals surface area contributed by atoms with Gasteiger partial charge in [-0.3, -0.25) is 13.8 Å². The van der Waals surface area contributed by atoms with E-state index in [2.05, 4.69) is 5.32 Å². The molecule has 120 valence electrons. The van der Waals surface area contributed by atoms with Crippen molar-refractivity contribution in [1.82, 2.24) is 10.2 Å². The summed E-state index contributed by atoms with van der Waals surface area (Å²) in [5.74, 6) is 1.29. The summed E-state index contributed by atoms with van der Waals surface area (Å²) in [6.45, 7) is 7.67. The fourth-order valence-corrected chi connectivity index (χ4v) is 4.53. The van der Waals surface area contributed by atoms with E-state index in [1.54, 1.807) is 6.92 Å². The lowest BCUT2D eigenvalue weighted by Gasteiger charge is -2.49. The van der Waals surface area contributed by atoms with Crippen LogP contribution in [-0.2, 0) is 20.4 Å². The van der Waals surface area contributed by atoms with Gasteiger partial charge in [0.2, 0.25) is 11.8 Å². The van der Waals surface area contributed by atoms with E-state index in [1.165, 1.54) is 0 Å². The smallest absolute Gasteiger partial charge is 0.248 e. The van der Waals surface area contributed by atoms with Crippen LogP contribution in [0.25, 0.3) is 0 Å². The molecule has 0 saturated carbocycles. The number of hydrogen-bond donors (Lipinski definition) is 1. The summed E-state index contributed by atoms with van der Waals surface area (Å²) >= 11 is 0. The number of hydrogen-bond acceptors (Lipinski definition) is 3. The Morgan fingerprint density at radius 2 is 1.90 bits per heavy atom. The molecule has 2 aliphatic rings. The minimum absolute atomic E-state index is 0.0148. The first-order chi connectivity index (χ1) is 9.80. The Labute approximate surface area is 129 Å². The van der Waals surface area contributed by atoms with E-state index in [9.17, 15) is 13.8 Å². The maximum absolute atomic E-state index is 13.0. The minimum Gasteiger partial charge on any atom is -0.340 e. The van der Waals surface area contributed by atoms with Crippen LogP contribution in [0.3, 0.4) is 0 Å². The molecule has 2 amide bonds. The molecule has 1 N–H and O–H groups in total. The zero-order chi connectivity index (χ0) is 15.8. The van der Waals surface area contributed by atoms with Crippen molar-refractivity contribution in [2.45, 2.75) is 64.6 Å². The van der Waals surface area contributed by atoms with E-state index >= 15 is 0 Å². The van der Waals surface area contributed by atoms with Crippen molar-refractivity contribution in [3.63, 3.8) is 0 Å². The van der Waals surface area contributed by atoms with Crippen LogP contribution in [0.5, 0.6) is 0 Å². The first kappa shape index (κ1) is 16.5. The summed E-state index contributed by atoms with van der Waals surface area (Å²) in [5.41, 5.74) is -0.806. The van der Waals surface area contributed by atoms with E-state index in [0.717, 1.165) is 12.8 Å². The van der Waals surface area contributed by atoms with Crippen molar-refractivity contribution in [2.75, 3.05) is 11.5 Å². The van der Waals surface area contributed by atoms with Gasteiger partial charge in [-0.25, -0.2) is 0 Å². The highest BCUT2D eigenvalue weighted by atomic mass is 32.2. The molecule has 5 nitrogen and oxygen atoms in total. The lowest BCUT2D eigenvalue weighted by Crippen LogP contribution is -2.72. The Hall–Kier alpha value is -0.910. The highest BCUT2D eigenvalue weighted by Gasteiger charge is 2.50. The van der Waals surface area contributed by atoms with Gasteiger partial charge >= 0.3 is 0 Å². The Balaban J connectivity index is 2.32. The predicted molar refractivity (Wildman–Crippen MR) is 83.2 cm³/mol. The van der Waals surface area contributed by atoms with Gasteiger partial charge in [-0.05, 0) is 32.1 Å². The lowest BCUT2D eigenvalue weighted by molar-refractivity contribution is -0.159. The summed E-state index contributed by atoms with van der Waals surface area (Å²) < 4.78 is 11.6. The van der Waals surface area contributed by atoms with Gasteiger partial charge in [-0.1, -0.05) is 20.8 Å². The summed E-state index contributed by atoms with van der Waals surface area (Å²) in [5, 5.41) is 2.91. The number of rotatable bonds is 3. The number of nitrogens with zero attached hydrogens (tertiary/aromatic N) is 1. The molecular formula is C15H26N2O3S. The summed E-state index contributed by atoms with van der Waals surface area (Å²) in [7, 11) is -0.767. The van der Waals surface area contributed by atoms with Gasteiger partial charge in [0.25, 0.3) is 0 Å². The summed E-state index contributed by atoms with van der Waals surface area (Å²) in [6, 6.07) is -0.367. The molecule has 2 fully saturated rings. The second-order valence-electron chi connectivity index (χ2n) is 6.66. The molecule has 0 radical (unpaired) electrons. The van der Waals surface area contributed by atoms with E-state index in [0.29, 0.717) is 17.9 Å². The third kappa shape index (κ3) is 3.00. The number of nitrogens with one attached hydrogen (secondary N) is 1. The number of carbonyl (C=O) groups is 2. The molecule has 0 aliphatic carbocycles. The van der Waals surface area contributed by atoms with E-state index < -0.39 is 22.4 Å². The van der Waals surface area contributed by atoms with Gasteiger partial charge < -0.3 is 10.2 Å². The zero-order valence-electron chi connectivity index (χ0n) is 13.3. The van der Waals surface area contributed by atoms with Gasteiger partial charge in [0.15, 0.2) is 0 Å². The van der Waals surface area contributed by atoms with Crippen LogP contribution in [0, 0.1) is 5.92 Å². The van der Waals surface area contributed by atoms with Gasteiger partial charge in [0.1, 0.15) is 11.6 Å². The number of amides is 2. The van der Waals surface area contributed by atoms with Gasteiger partial charge in [0.05, 0.1) is 0 Å². The van der Waals surface area contributed by atoms with Gasteiger partial charge in [-0.15, -0.1) is 0 Å². The zero-order valence-corrected chi connectivity index (χ0v) is 14.2. The molecule has 0 aromatic heterocycles. The average Bonchev–Trinajstić information content (AvgIpc) is 2.43. The van der Waals surface area contributed by atoms with Crippen LogP contribution in [0.15, 0.2) is 0 Å². The molecule has 21 heavy (non-hydrogen) atoms. The molecule has 0 aromatic carbocycles. The number of carbonyl (C=O) groups excluding carboxylic acids is 2. The Bertz CT molecular complexity index is 456. The van der Waals surface area contributed by atoms with Crippen molar-refractivity contribution in [1.29, 1.82) is 0 Å². The van der Waals surface area contributed by atoms with Crippen LogP contribution in [0.1, 0.15) is 47.0 Å². The molecule has 2 saturated heterocycles. The van der Waals surface area contributed by atoms with Crippen molar-refractivity contribution >= 4 is 22.6 Å². The quantitative estimate of drug-likeness (QED) is 0.847. The standard InChI is InChI=1S/C15H26N2O3S/c1-5-15(4)14(19)17(11-6-8-21(20)9-7-11)12(10(2)3)13(18)16-15/h10-12H,5-9H2,1-4H3,(H,16,18). The molecule has 2 rings (SSSR count). The van der Waals surface area contributed by atoms with Crippen LogP contribution >= 0.6 is 0 Å². The molecule has 6 heteroatoms. The average molecular weight is 314 g/mol. The van der Waals surface area contributed by atoms with Crippen molar-refractivity contribution in [2.24, 2.45) is 5.92 Å². The summed E-state index contributed by atoms with van der Waals surface area (Å²) in [6.07, 6.45) is 2.04. The van der Waals surface area contributed by atoms with Crippen LogP contribution in [-0.4, -0.2) is 50.1 Å². The molecule has 2 atom stereocenters. The third-order valence-electron chi connectivity index (χ3n) is 4.76. The second kappa shape index (κ2) is 6.07. The molecular weight excluding hydrogens is 288 g/mol. The molecule has 0 aromatic rings. The summed E-state index contributed by atoms with van der Waals surface area (Å²) in [4.78, 5) is 27.3. The monoisotopic (exact) mass is 314 g/mol. The maximum Gasteiger partial charge on any atom is 0.248 e. The normalized spacial score (nSPS) is 37.8. The van der Waals surface area contributed by atoms with Crippen molar-refractivity contribution in [3.05, 3.63) is 0 Å². The first-order valence-corrected chi connectivity index (χ1v) is 9.28. The van der Waals surface area contributed by atoms with Crippen molar-refractivity contribution in [3.8, 4) is 0 Å². The second-order valence-corrected chi connectivity index (χ2v) is 8.35. The lowest BCUT2D eigenvalue weighted by atomic mass is 9.86. The highest BCUT2D eigenvalue weighted by Crippen LogP contribution is 2.30. The van der Waals surface area contributed by atoms with Crippen LogP contribution in [0.2, 0.25) is 0 Å². The Morgan fingerprint density at radius 1 is 1.33 bits per heavy atom. The molecule has 2 aliphatic heterocycles. The first-order valence-electron chi connectivity index (χ1n) is 7.80. The predicted octanol–water partition coefficient (Wildman–Crippen LogP) is 1.05. The fourth-order valence-electron chi connectivity index (χ4n) is 3.25. The van der Waals surface area contributed by atoms with Gasteiger partial charge in [-0.2, -0.15) is 0 Å². The van der Waals surface area contributed by atoms with E-state index in [4.69, 9.17) is 0 Å². The van der Waals surface area contributed by atoms with E-state index in [-0.39, 0.29) is 23.8 Å². The SMILES string of the molecule is CCC1(C)NC(=O)C(C(C)C)N(C2CCS(=O)CC2)C1=O. The molecule has 0 bridgehead atoms. The Kier molecular flexibility index (Phi) is 4.76. The number of piperazine rings is 1. The topological polar surface area (TPSA) is 66.5 Å². The maximum atomic E-state index is 13.0. The van der Waals surface area contributed by atoms with Gasteiger partial charge in [0, 0.05) is 28.3 Å². The van der Waals surface area contributed by atoms with Crippen molar-refractivity contribution < 1.29 is 13.8 Å². The molecule has 2 heterocycles. The molecule has 2 unspecified atom stereocenters. The van der Waals surface area contributed by atoms with Crippen LogP contribution < -0.4 is 5.32 Å². The fraction of sp³-hybridized carbons (Fsp3) is 0.867. The minimum atomic E-state index is -0.806.